The number of pyridine rings is 1. The van der Waals surface area contributed by atoms with Gasteiger partial charge in [-0.3, -0.25) is 14.9 Å². The molecule has 0 saturated heterocycles. The van der Waals surface area contributed by atoms with Crippen molar-refractivity contribution in [1.82, 2.24) is 25.0 Å². The van der Waals surface area contributed by atoms with Crippen LogP contribution in [0.4, 0.5) is 10.6 Å². The Morgan fingerprint density at radius 1 is 1.22 bits per heavy atom. The number of para-hydroxylation sites is 1. The molecule has 3 heterocycles. The van der Waals surface area contributed by atoms with E-state index in [0.29, 0.717) is 30.9 Å². The van der Waals surface area contributed by atoms with Crippen LogP contribution < -0.4 is 5.32 Å². The molecule has 4 rings (SSSR count). The van der Waals surface area contributed by atoms with Crippen molar-refractivity contribution < 1.29 is 9.59 Å². The summed E-state index contributed by atoms with van der Waals surface area (Å²) >= 11 is 0. The lowest BCUT2D eigenvalue weighted by Gasteiger charge is -2.31. The molecule has 0 saturated carbocycles. The lowest BCUT2D eigenvalue weighted by atomic mass is 9.97. The molecule has 2 aromatic heterocycles. The highest BCUT2D eigenvalue weighted by Gasteiger charge is 2.26. The number of nitrogens with one attached hydrogen (secondary N) is 2. The number of carbonyl (C=O) groups is 2. The second kappa shape index (κ2) is 6.71. The van der Waals surface area contributed by atoms with Crippen molar-refractivity contribution in [1.29, 1.82) is 0 Å². The Labute approximate surface area is 156 Å². The van der Waals surface area contributed by atoms with Gasteiger partial charge < -0.3 is 15.1 Å². The lowest BCUT2D eigenvalue weighted by Crippen LogP contribution is -2.42. The average Bonchev–Trinajstić information content (AvgIpc) is 3.09. The number of hydrogen-bond donors (Lipinski definition) is 2. The number of urea groups is 1. The first-order valence-corrected chi connectivity index (χ1v) is 8.71. The molecule has 1 aliphatic heterocycles. The Morgan fingerprint density at radius 2 is 2.04 bits per heavy atom. The molecule has 138 valence electrons. The standard InChI is InChI=1S/C19H20N6O2/c1-24(2)19(27)25-8-7-13-12(11-25)9-20-10-15(13)18(26)21-17-14-5-3-4-6-16(14)22-23-17/h3-6,9-10H,7-8,11H2,1-2H3,(H2,21,22,23,26). The molecule has 2 N–H and O–H groups in total. The summed E-state index contributed by atoms with van der Waals surface area (Å²) in [5, 5.41) is 10.8. The van der Waals surface area contributed by atoms with Gasteiger partial charge in [0.2, 0.25) is 0 Å². The second-order valence-corrected chi connectivity index (χ2v) is 6.75. The summed E-state index contributed by atoms with van der Waals surface area (Å²) in [4.78, 5) is 32.6. The molecule has 0 aliphatic carbocycles. The van der Waals surface area contributed by atoms with Crippen LogP contribution in [0.1, 0.15) is 21.5 Å². The summed E-state index contributed by atoms with van der Waals surface area (Å²) in [5.74, 6) is 0.248. The molecule has 0 unspecified atom stereocenters. The largest absolute Gasteiger partial charge is 0.331 e. The maximum atomic E-state index is 12.9. The predicted molar refractivity (Wildman–Crippen MR) is 101 cm³/mol. The molecule has 27 heavy (non-hydrogen) atoms. The molecule has 0 fully saturated rings. The van der Waals surface area contributed by atoms with E-state index in [0.717, 1.165) is 22.0 Å². The summed E-state index contributed by atoms with van der Waals surface area (Å²) in [6, 6.07) is 7.57. The van der Waals surface area contributed by atoms with E-state index >= 15 is 0 Å². The van der Waals surface area contributed by atoms with Gasteiger partial charge in [0.1, 0.15) is 0 Å². The Balaban J connectivity index is 1.59. The molecule has 8 nitrogen and oxygen atoms in total. The molecule has 0 radical (unpaired) electrons. The van der Waals surface area contributed by atoms with Crippen LogP contribution in [0.2, 0.25) is 0 Å². The van der Waals surface area contributed by atoms with E-state index in [9.17, 15) is 9.59 Å². The zero-order chi connectivity index (χ0) is 19.0. The Hall–Kier alpha value is -3.42. The number of aromatic amines is 1. The summed E-state index contributed by atoms with van der Waals surface area (Å²) in [7, 11) is 3.46. The van der Waals surface area contributed by atoms with Crippen LogP contribution >= 0.6 is 0 Å². The number of carbonyl (C=O) groups excluding carboxylic acids is 2. The van der Waals surface area contributed by atoms with Crippen molar-refractivity contribution in [2.24, 2.45) is 0 Å². The first kappa shape index (κ1) is 17.0. The minimum atomic E-state index is -0.246. The lowest BCUT2D eigenvalue weighted by molar-refractivity contribution is 0.102. The van der Waals surface area contributed by atoms with Crippen LogP contribution in [-0.4, -0.2) is 57.6 Å². The third kappa shape index (κ3) is 3.10. The van der Waals surface area contributed by atoms with Gasteiger partial charge in [0.15, 0.2) is 5.82 Å². The second-order valence-electron chi connectivity index (χ2n) is 6.75. The number of fused-ring (bicyclic) bond motifs is 2. The number of rotatable bonds is 2. The highest BCUT2D eigenvalue weighted by molar-refractivity contribution is 6.08. The fourth-order valence-corrected chi connectivity index (χ4v) is 3.37. The number of aromatic nitrogens is 3. The maximum absolute atomic E-state index is 12.9. The van der Waals surface area contributed by atoms with Gasteiger partial charge in [-0.15, -0.1) is 0 Å². The van der Waals surface area contributed by atoms with E-state index < -0.39 is 0 Å². The first-order valence-electron chi connectivity index (χ1n) is 8.71. The van der Waals surface area contributed by atoms with Gasteiger partial charge in [0, 0.05) is 45.0 Å². The van der Waals surface area contributed by atoms with E-state index in [4.69, 9.17) is 0 Å². The monoisotopic (exact) mass is 364 g/mol. The molecular weight excluding hydrogens is 344 g/mol. The summed E-state index contributed by atoms with van der Waals surface area (Å²) < 4.78 is 0. The van der Waals surface area contributed by atoms with Gasteiger partial charge in [0.25, 0.3) is 5.91 Å². The molecule has 3 aromatic rings. The third-order valence-electron chi connectivity index (χ3n) is 4.74. The van der Waals surface area contributed by atoms with Gasteiger partial charge in [-0.25, -0.2) is 4.79 Å². The Kier molecular flexibility index (Phi) is 4.23. The molecular formula is C19H20N6O2. The molecule has 0 bridgehead atoms. The van der Waals surface area contributed by atoms with E-state index in [1.54, 1.807) is 36.3 Å². The predicted octanol–water partition coefficient (Wildman–Crippen LogP) is 2.25. The number of anilines is 1. The maximum Gasteiger partial charge on any atom is 0.319 e. The summed E-state index contributed by atoms with van der Waals surface area (Å²) in [6.07, 6.45) is 3.92. The molecule has 0 atom stereocenters. The van der Waals surface area contributed by atoms with E-state index in [2.05, 4.69) is 20.5 Å². The molecule has 1 aromatic carbocycles. The van der Waals surface area contributed by atoms with Crippen LogP contribution in [0.3, 0.4) is 0 Å². The highest BCUT2D eigenvalue weighted by atomic mass is 16.2. The van der Waals surface area contributed by atoms with Crippen LogP contribution in [0.25, 0.3) is 10.9 Å². The minimum Gasteiger partial charge on any atom is -0.331 e. The zero-order valence-corrected chi connectivity index (χ0v) is 15.2. The van der Waals surface area contributed by atoms with Crippen LogP contribution in [0.15, 0.2) is 36.7 Å². The van der Waals surface area contributed by atoms with E-state index in [-0.39, 0.29) is 11.9 Å². The number of benzene rings is 1. The Morgan fingerprint density at radius 3 is 2.85 bits per heavy atom. The highest BCUT2D eigenvalue weighted by Crippen LogP contribution is 2.24. The third-order valence-corrected chi connectivity index (χ3v) is 4.74. The van der Waals surface area contributed by atoms with Crippen molar-refractivity contribution >= 4 is 28.7 Å². The number of hydrogen-bond acceptors (Lipinski definition) is 4. The summed E-state index contributed by atoms with van der Waals surface area (Å²) in [5.41, 5.74) is 3.22. The average molecular weight is 364 g/mol. The van der Waals surface area contributed by atoms with Crippen molar-refractivity contribution in [2.45, 2.75) is 13.0 Å². The molecule has 0 spiro atoms. The number of H-pyrrole nitrogens is 1. The van der Waals surface area contributed by atoms with Crippen LogP contribution in [0, 0.1) is 0 Å². The minimum absolute atomic E-state index is 0.0431. The van der Waals surface area contributed by atoms with Crippen molar-refractivity contribution in [3.63, 3.8) is 0 Å². The van der Waals surface area contributed by atoms with Gasteiger partial charge in [-0.05, 0) is 29.7 Å². The van der Waals surface area contributed by atoms with Gasteiger partial charge >= 0.3 is 6.03 Å². The summed E-state index contributed by atoms with van der Waals surface area (Å²) in [6.45, 7) is 1.02. The van der Waals surface area contributed by atoms with Crippen LogP contribution in [0.5, 0.6) is 0 Å². The molecule has 1 aliphatic rings. The van der Waals surface area contributed by atoms with E-state index in [1.165, 1.54) is 0 Å². The molecule has 3 amide bonds. The van der Waals surface area contributed by atoms with Gasteiger partial charge in [-0.2, -0.15) is 5.10 Å². The number of amides is 3. The van der Waals surface area contributed by atoms with Gasteiger partial charge in [-0.1, -0.05) is 12.1 Å². The van der Waals surface area contributed by atoms with Gasteiger partial charge in [0.05, 0.1) is 11.1 Å². The van der Waals surface area contributed by atoms with Crippen molar-refractivity contribution in [2.75, 3.05) is 26.0 Å². The Bertz CT molecular complexity index is 1030. The molecule has 8 heteroatoms. The van der Waals surface area contributed by atoms with Crippen molar-refractivity contribution in [3.05, 3.63) is 53.3 Å². The van der Waals surface area contributed by atoms with E-state index in [1.807, 2.05) is 24.3 Å². The van der Waals surface area contributed by atoms with Crippen molar-refractivity contribution in [3.8, 4) is 0 Å². The zero-order valence-electron chi connectivity index (χ0n) is 15.2. The quantitative estimate of drug-likeness (QED) is 0.729. The fourth-order valence-electron chi connectivity index (χ4n) is 3.37. The topological polar surface area (TPSA) is 94.2 Å². The SMILES string of the molecule is CN(C)C(=O)N1CCc2c(cncc2C(=O)Nc2n[nH]c3ccccc23)C1. The smallest absolute Gasteiger partial charge is 0.319 e. The fraction of sp³-hybridized carbons (Fsp3) is 0.263. The van der Waals surface area contributed by atoms with Crippen LogP contribution in [-0.2, 0) is 13.0 Å². The normalized spacial score (nSPS) is 13.3. The number of nitrogens with zero attached hydrogens (tertiary/aromatic N) is 4. The first-order chi connectivity index (χ1) is 13.0.